The topological polar surface area (TPSA) is 146 Å². The van der Waals surface area contributed by atoms with Crippen LogP contribution in [0.1, 0.15) is 10.5 Å². The van der Waals surface area contributed by atoms with Gasteiger partial charge in [0.05, 0.1) is 13.7 Å². The van der Waals surface area contributed by atoms with Crippen molar-refractivity contribution in [3.8, 4) is 0 Å². The van der Waals surface area contributed by atoms with Crippen molar-refractivity contribution in [2.24, 2.45) is 0 Å². The molecule has 1 heterocycles. The molecule has 0 amide bonds. The van der Waals surface area contributed by atoms with E-state index in [0.717, 1.165) is 19.4 Å². The lowest BCUT2D eigenvalue weighted by molar-refractivity contribution is -0.143. The smallest absolute Gasteiger partial charge is 0.352 e. The van der Waals surface area contributed by atoms with E-state index in [1.807, 2.05) is 4.72 Å². The predicted molar refractivity (Wildman–Crippen MR) is 61.0 cm³/mol. The van der Waals surface area contributed by atoms with E-state index in [1.165, 1.54) is 0 Å². The number of carbonyl (C=O) groups is 2. The number of hydrogen-bond acceptors (Lipinski definition) is 6. The first-order chi connectivity index (χ1) is 8.81. The summed E-state index contributed by atoms with van der Waals surface area (Å²) in [7, 11) is -3.11. The lowest BCUT2D eigenvalue weighted by atomic mass is 10.3. The second kappa shape index (κ2) is 5.82. The van der Waals surface area contributed by atoms with Gasteiger partial charge in [-0.05, 0) is 6.07 Å². The highest BCUT2D eigenvalue weighted by molar-refractivity contribution is 7.89. The van der Waals surface area contributed by atoms with Crippen LogP contribution in [0, 0.1) is 0 Å². The number of aromatic amines is 1. The Hall–Kier alpha value is -1.91. The minimum Gasteiger partial charge on any atom is -0.477 e. The Morgan fingerprint density at radius 1 is 1.53 bits per heavy atom. The molecule has 0 radical (unpaired) electrons. The van der Waals surface area contributed by atoms with Crippen molar-refractivity contribution >= 4 is 22.0 Å². The highest BCUT2D eigenvalue weighted by Gasteiger charge is 2.27. The summed E-state index contributed by atoms with van der Waals surface area (Å²) in [5.41, 5.74) is -0.320. The summed E-state index contributed by atoms with van der Waals surface area (Å²) in [6.07, 6.45) is 0.956. The molecule has 106 valence electrons. The largest absolute Gasteiger partial charge is 0.477 e. The number of esters is 1. The normalized spacial score (nSPS) is 12.9. The van der Waals surface area contributed by atoms with Crippen LogP contribution in [-0.4, -0.2) is 55.3 Å². The Morgan fingerprint density at radius 3 is 2.58 bits per heavy atom. The number of aromatic nitrogens is 1. The van der Waals surface area contributed by atoms with Gasteiger partial charge in [0.1, 0.15) is 16.6 Å². The molecule has 0 saturated heterocycles. The van der Waals surface area contributed by atoms with Gasteiger partial charge < -0.3 is 19.9 Å². The highest BCUT2D eigenvalue weighted by Crippen LogP contribution is 2.11. The van der Waals surface area contributed by atoms with Crippen LogP contribution < -0.4 is 4.72 Å². The third-order valence-corrected chi connectivity index (χ3v) is 3.61. The van der Waals surface area contributed by atoms with E-state index >= 15 is 0 Å². The average Bonchev–Trinajstić information content (AvgIpc) is 2.85. The summed E-state index contributed by atoms with van der Waals surface area (Å²) in [5.74, 6) is -2.28. The molecule has 0 fully saturated rings. The lowest BCUT2D eigenvalue weighted by Gasteiger charge is -2.13. The third-order valence-electron chi connectivity index (χ3n) is 2.16. The molecule has 0 saturated carbocycles. The highest BCUT2D eigenvalue weighted by atomic mass is 32.2. The number of aliphatic hydroxyl groups excluding tert-OH is 1. The first-order valence-electron chi connectivity index (χ1n) is 4.94. The molecule has 0 aliphatic heterocycles. The van der Waals surface area contributed by atoms with Crippen molar-refractivity contribution in [3.63, 3.8) is 0 Å². The third kappa shape index (κ3) is 3.53. The predicted octanol–water partition coefficient (Wildman–Crippen LogP) is -1.47. The quantitative estimate of drug-likeness (QED) is 0.468. The number of aliphatic hydroxyl groups is 1. The van der Waals surface area contributed by atoms with Crippen LogP contribution in [0.15, 0.2) is 17.2 Å². The summed E-state index contributed by atoms with van der Waals surface area (Å²) in [6, 6.07) is -0.575. The van der Waals surface area contributed by atoms with Gasteiger partial charge in [0.25, 0.3) is 0 Å². The summed E-state index contributed by atoms with van der Waals surface area (Å²) in [6.45, 7) is -0.790. The summed E-state index contributed by atoms with van der Waals surface area (Å²) >= 11 is 0. The van der Waals surface area contributed by atoms with Crippen LogP contribution in [0.4, 0.5) is 0 Å². The monoisotopic (exact) mass is 292 g/mol. The number of hydrogen-bond donors (Lipinski definition) is 4. The Labute approximate surface area is 108 Å². The molecule has 0 aliphatic carbocycles. The van der Waals surface area contributed by atoms with Crippen LogP contribution in [0.2, 0.25) is 0 Å². The maximum Gasteiger partial charge on any atom is 0.352 e. The first-order valence-corrected chi connectivity index (χ1v) is 6.43. The number of H-pyrrole nitrogens is 1. The Morgan fingerprint density at radius 2 is 2.16 bits per heavy atom. The fraction of sp³-hybridized carbons (Fsp3) is 0.333. The molecule has 0 bridgehead atoms. The molecule has 1 unspecified atom stereocenters. The fourth-order valence-electron chi connectivity index (χ4n) is 1.21. The summed E-state index contributed by atoms with van der Waals surface area (Å²) in [4.78, 5) is 23.6. The van der Waals surface area contributed by atoms with Gasteiger partial charge in [-0.1, -0.05) is 0 Å². The van der Waals surface area contributed by atoms with Gasteiger partial charge in [-0.3, -0.25) is 4.79 Å². The number of carboxylic acid groups (broad SMARTS) is 1. The van der Waals surface area contributed by atoms with E-state index in [4.69, 9.17) is 10.2 Å². The molecule has 19 heavy (non-hydrogen) atoms. The van der Waals surface area contributed by atoms with Gasteiger partial charge in [-0.15, -0.1) is 0 Å². The standard InChI is InChI=1S/C9H12N2O7S/c1-18-9(15)7(4-12)11-19(16,17)5-2-6(8(13)14)10-3-5/h2-3,7,10-12H,4H2,1H3,(H,13,14). The molecule has 1 atom stereocenters. The van der Waals surface area contributed by atoms with E-state index in [2.05, 4.69) is 9.72 Å². The van der Waals surface area contributed by atoms with Crippen molar-refractivity contribution < 1.29 is 33.0 Å². The van der Waals surface area contributed by atoms with Gasteiger partial charge in [-0.25, -0.2) is 13.2 Å². The van der Waals surface area contributed by atoms with E-state index in [0.29, 0.717) is 0 Å². The molecule has 1 aromatic rings. The molecule has 0 spiro atoms. The number of methoxy groups -OCH3 is 1. The van der Waals surface area contributed by atoms with Crippen molar-refractivity contribution in [3.05, 3.63) is 18.0 Å². The Balaban J connectivity index is 2.96. The zero-order valence-electron chi connectivity index (χ0n) is 9.78. The maximum absolute atomic E-state index is 11.8. The van der Waals surface area contributed by atoms with E-state index in [1.54, 1.807) is 0 Å². The van der Waals surface area contributed by atoms with Crippen LogP contribution >= 0.6 is 0 Å². The first kappa shape index (κ1) is 15.1. The maximum atomic E-state index is 11.8. The molecule has 9 nitrogen and oxygen atoms in total. The van der Waals surface area contributed by atoms with Crippen LogP contribution in [0.3, 0.4) is 0 Å². The van der Waals surface area contributed by atoms with E-state index in [9.17, 15) is 18.0 Å². The number of carboxylic acids is 1. The van der Waals surface area contributed by atoms with Crippen molar-refractivity contribution in [1.82, 2.24) is 9.71 Å². The van der Waals surface area contributed by atoms with Gasteiger partial charge in [0.2, 0.25) is 10.0 Å². The van der Waals surface area contributed by atoms with Gasteiger partial charge in [0, 0.05) is 6.20 Å². The minimum atomic E-state index is -4.14. The second-order valence-electron chi connectivity index (χ2n) is 3.43. The number of sulfonamides is 1. The van der Waals surface area contributed by atoms with Crippen molar-refractivity contribution in [2.75, 3.05) is 13.7 Å². The van der Waals surface area contributed by atoms with Gasteiger partial charge in [-0.2, -0.15) is 4.72 Å². The second-order valence-corrected chi connectivity index (χ2v) is 5.15. The van der Waals surface area contributed by atoms with Crippen LogP contribution in [0.25, 0.3) is 0 Å². The zero-order valence-corrected chi connectivity index (χ0v) is 10.6. The van der Waals surface area contributed by atoms with Gasteiger partial charge >= 0.3 is 11.9 Å². The van der Waals surface area contributed by atoms with E-state index in [-0.39, 0.29) is 10.6 Å². The Bertz CT molecular complexity index is 577. The molecule has 1 rings (SSSR count). The molecular formula is C9H12N2O7S. The van der Waals surface area contributed by atoms with Crippen LogP contribution in [0.5, 0.6) is 0 Å². The minimum absolute atomic E-state index is 0.320. The fourth-order valence-corrected chi connectivity index (χ4v) is 2.38. The van der Waals surface area contributed by atoms with Gasteiger partial charge in [0.15, 0.2) is 0 Å². The van der Waals surface area contributed by atoms with E-state index < -0.39 is 34.6 Å². The van der Waals surface area contributed by atoms with Crippen molar-refractivity contribution in [1.29, 1.82) is 0 Å². The molecule has 4 N–H and O–H groups in total. The Kier molecular flexibility index (Phi) is 4.64. The van der Waals surface area contributed by atoms with Crippen molar-refractivity contribution in [2.45, 2.75) is 10.9 Å². The number of rotatable bonds is 6. The van der Waals surface area contributed by atoms with Crippen LogP contribution in [-0.2, 0) is 19.6 Å². The number of nitrogens with one attached hydrogen (secondary N) is 2. The SMILES string of the molecule is COC(=O)C(CO)NS(=O)(=O)c1c[nH]c(C(=O)O)c1. The zero-order chi connectivity index (χ0) is 14.6. The number of carbonyl (C=O) groups excluding carboxylic acids is 1. The summed E-state index contributed by atoms with van der Waals surface area (Å²) in [5, 5.41) is 17.6. The molecular weight excluding hydrogens is 280 g/mol. The number of ether oxygens (including phenoxy) is 1. The average molecular weight is 292 g/mol. The molecule has 10 heteroatoms. The lowest BCUT2D eigenvalue weighted by Crippen LogP contribution is -2.43. The number of aromatic carboxylic acids is 1. The molecule has 0 aromatic carbocycles. The summed E-state index contributed by atoms with van der Waals surface area (Å²) < 4.78 is 29.8. The molecule has 0 aliphatic rings. The molecule has 1 aromatic heterocycles.